The third kappa shape index (κ3) is 2.27. The lowest BCUT2D eigenvalue weighted by atomic mass is 10.1. The number of hydrogen-bond donors (Lipinski definition) is 1. The van der Waals surface area contributed by atoms with Gasteiger partial charge in [-0.1, -0.05) is 29.8 Å². The molecule has 0 aromatic heterocycles. The highest BCUT2D eigenvalue weighted by Crippen LogP contribution is 2.18. The fourth-order valence-corrected chi connectivity index (χ4v) is 1.87. The Hall–Kier alpha value is -0.570. The highest BCUT2D eigenvalue weighted by molar-refractivity contribution is 6.31. The molecule has 1 fully saturated rings. The summed E-state index contributed by atoms with van der Waals surface area (Å²) >= 11 is 6.06. The first-order chi connectivity index (χ1) is 6.75. The molecule has 2 rings (SSSR count). The van der Waals surface area contributed by atoms with Gasteiger partial charge in [0, 0.05) is 17.5 Å². The molecule has 0 spiro atoms. The number of ether oxygens (including phenoxy) is 1. The van der Waals surface area contributed by atoms with Crippen molar-refractivity contribution in [2.75, 3.05) is 6.61 Å². The summed E-state index contributed by atoms with van der Waals surface area (Å²) in [5, 5.41) is 4.17. The summed E-state index contributed by atoms with van der Waals surface area (Å²) in [6.07, 6.45) is 0.953. The van der Waals surface area contributed by atoms with Crippen LogP contribution >= 0.6 is 11.6 Å². The summed E-state index contributed by atoms with van der Waals surface area (Å²) in [5.41, 5.74) is 1.14. The van der Waals surface area contributed by atoms with Gasteiger partial charge in [0.1, 0.15) is 6.23 Å². The highest BCUT2D eigenvalue weighted by atomic mass is 35.5. The van der Waals surface area contributed by atoms with Gasteiger partial charge < -0.3 is 4.74 Å². The summed E-state index contributed by atoms with van der Waals surface area (Å²) in [4.78, 5) is 0. The van der Waals surface area contributed by atoms with Crippen LogP contribution in [0.4, 0.5) is 0 Å². The van der Waals surface area contributed by atoms with Crippen molar-refractivity contribution in [1.82, 2.24) is 5.32 Å². The zero-order chi connectivity index (χ0) is 9.97. The van der Waals surface area contributed by atoms with E-state index in [9.17, 15) is 0 Å². The molecular weight excluding hydrogens is 198 g/mol. The average Bonchev–Trinajstić information content (AvgIpc) is 2.56. The number of hydrogen-bond acceptors (Lipinski definition) is 2. The van der Waals surface area contributed by atoms with E-state index in [1.807, 2.05) is 24.3 Å². The maximum Gasteiger partial charge on any atom is 0.112 e. The van der Waals surface area contributed by atoms with Gasteiger partial charge in [-0.3, -0.25) is 5.32 Å². The van der Waals surface area contributed by atoms with Crippen LogP contribution in [0.15, 0.2) is 24.3 Å². The number of nitrogens with one attached hydrogen (secondary N) is 1. The van der Waals surface area contributed by atoms with Crippen molar-refractivity contribution in [1.29, 1.82) is 0 Å². The van der Waals surface area contributed by atoms with E-state index in [1.165, 1.54) is 0 Å². The zero-order valence-electron chi connectivity index (χ0n) is 8.16. The van der Waals surface area contributed by atoms with Crippen molar-refractivity contribution in [3.63, 3.8) is 0 Å². The molecule has 76 valence electrons. The second-order valence-electron chi connectivity index (χ2n) is 3.69. The van der Waals surface area contributed by atoms with Crippen molar-refractivity contribution in [2.45, 2.75) is 25.6 Å². The van der Waals surface area contributed by atoms with Gasteiger partial charge >= 0.3 is 0 Å². The molecule has 0 amide bonds. The Morgan fingerprint density at radius 1 is 1.50 bits per heavy atom. The van der Waals surface area contributed by atoms with Gasteiger partial charge in [-0.25, -0.2) is 0 Å². The van der Waals surface area contributed by atoms with Gasteiger partial charge in [0.05, 0.1) is 6.61 Å². The van der Waals surface area contributed by atoms with Crippen LogP contribution in [-0.2, 0) is 11.2 Å². The molecular formula is C11H14ClNO. The minimum Gasteiger partial charge on any atom is -0.361 e. The molecule has 2 atom stereocenters. The largest absolute Gasteiger partial charge is 0.361 e. The minimum atomic E-state index is 0.116. The van der Waals surface area contributed by atoms with E-state index in [0.29, 0.717) is 6.04 Å². The second kappa shape index (κ2) is 4.30. The van der Waals surface area contributed by atoms with Crippen LogP contribution in [0.5, 0.6) is 0 Å². The Morgan fingerprint density at radius 2 is 2.29 bits per heavy atom. The molecule has 0 saturated carbocycles. The van der Waals surface area contributed by atoms with E-state index >= 15 is 0 Å². The molecule has 1 N–H and O–H groups in total. The van der Waals surface area contributed by atoms with Crippen LogP contribution in [-0.4, -0.2) is 18.9 Å². The Balaban J connectivity index is 2.01. The third-order valence-corrected chi connectivity index (χ3v) is 2.75. The van der Waals surface area contributed by atoms with Crippen molar-refractivity contribution in [2.24, 2.45) is 0 Å². The van der Waals surface area contributed by atoms with Gasteiger partial charge in [-0.05, 0) is 18.6 Å². The van der Waals surface area contributed by atoms with Crippen molar-refractivity contribution in [3.05, 3.63) is 34.9 Å². The Morgan fingerprint density at radius 3 is 2.93 bits per heavy atom. The smallest absolute Gasteiger partial charge is 0.112 e. The zero-order valence-corrected chi connectivity index (χ0v) is 8.92. The molecule has 1 saturated heterocycles. The number of benzene rings is 1. The molecule has 2 unspecified atom stereocenters. The molecule has 0 bridgehead atoms. The molecule has 14 heavy (non-hydrogen) atoms. The van der Waals surface area contributed by atoms with Gasteiger partial charge in [0.15, 0.2) is 0 Å². The highest BCUT2D eigenvalue weighted by Gasteiger charge is 2.21. The molecule has 1 aromatic rings. The first kappa shape index (κ1) is 9.97. The van der Waals surface area contributed by atoms with Crippen LogP contribution in [0.3, 0.4) is 0 Å². The molecule has 1 aromatic carbocycles. The normalized spacial score (nSPS) is 26.7. The maximum atomic E-state index is 6.06. The third-order valence-electron chi connectivity index (χ3n) is 2.38. The van der Waals surface area contributed by atoms with Crippen LogP contribution in [0, 0.1) is 0 Å². The lowest BCUT2D eigenvalue weighted by Crippen LogP contribution is -2.29. The standard InChI is InChI=1S/C11H14ClNO/c1-8-7-14-11(13-8)6-9-4-2-3-5-10(9)12/h2-5,8,11,13H,6-7H2,1H3. The lowest BCUT2D eigenvalue weighted by molar-refractivity contribution is 0.101. The topological polar surface area (TPSA) is 21.3 Å². The van der Waals surface area contributed by atoms with Crippen LogP contribution < -0.4 is 5.32 Å². The molecule has 1 heterocycles. The van der Waals surface area contributed by atoms with E-state index in [1.54, 1.807) is 0 Å². The quantitative estimate of drug-likeness (QED) is 0.810. The Labute approximate surface area is 89.2 Å². The predicted molar refractivity (Wildman–Crippen MR) is 57.5 cm³/mol. The molecule has 2 nitrogen and oxygen atoms in total. The van der Waals surface area contributed by atoms with E-state index in [-0.39, 0.29) is 6.23 Å². The van der Waals surface area contributed by atoms with Crippen molar-refractivity contribution >= 4 is 11.6 Å². The van der Waals surface area contributed by atoms with E-state index in [2.05, 4.69) is 12.2 Å². The molecule has 0 aliphatic carbocycles. The number of rotatable bonds is 2. The summed E-state index contributed by atoms with van der Waals surface area (Å²) in [5.74, 6) is 0. The molecule has 1 aliphatic rings. The van der Waals surface area contributed by atoms with E-state index in [0.717, 1.165) is 23.6 Å². The SMILES string of the molecule is CC1COC(Cc2ccccc2Cl)N1. The fraction of sp³-hybridized carbons (Fsp3) is 0.455. The van der Waals surface area contributed by atoms with Crippen molar-refractivity contribution in [3.8, 4) is 0 Å². The van der Waals surface area contributed by atoms with Crippen LogP contribution in [0.2, 0.25) is 5.02 Å². The lowest BCUT2D eigenvalue weighted by Gasteiger charge is -2.11. The first-order valence-electron chi connectivity index (χ1n) is 4.87. The van der Waals surface area contributed by atoms with Gasteiger partial charge in [-0.15, -0.1) is 0 Å². The van der Waals surface area contributed by atoms with Crippen LogP contribution in [0.25, 0.3) is 0 Å². The van der Waals surface area contributed by atoms with E-state index < -0.39 is 0 Å². The number of halogens is 1. The second-order valence-corrected chi connectivity index (χ2v) is 4.09. The summed E-state index contributed by atoms with van der Waals surface area (Å²) in [6, 6.07) is 8.34. The van der Waals surface area contributed by atoms with Gasteiger partial charge in [-0.2, -0.15) is 0 Å². The average molecular weight is 212 g/mol. The van der Waals surface area contributed by atoms with Gasteiger partial charge in [0.25, 0.3) is 0 Å². The molecule has 3 heteroatoms. The molecule has 0 radical (unpaired) electrons. The Kier molecular flexibility index (Phi) is 3.06. The van der Waals surface area contributed by atoms with Gasteiger partial charge in [0.2, 0.25) is 0 Å². The summed E-state index contributed by atoms with van der Waals surface area (Å²) in [7, 11) is 0. The predicted octanol–water partition coefficient (Wildman–Crippen LogP) is 2.22. The van der Waals surface area contributed by atoms with Crippen molar-refractivity contribution < 1.29 is 4.74 Å². The molecule has 1 aliphatic heterocycles. The van der Waals surface area contributed by atoms with Crippen LogP contribution in [0.1, 0.15) is 12.5 Å². The fourth-order valence-electron chi connectivity index (χ4n) is 1.66. The van der Waals surface area contributed by atoms with E-state index in [4.69, 9.17) is 16.3 Å². The maximum absolute atomic E-state index is 6.06. The first-order valence-corrected chi connectivity index (χ1v) is 5.24. The Bertz CT molecular complexity index is 316. The summed E-state index contributed by atoms with van der Waals surface area (Å²) < 4.78 is 5.55. The summed E-state index contributed by atoms with van der Waals surface area (Å²) in [6.45, 7) is 2.90. The monoisotopic (exact) mass is 211 g/mol. The minimum absolute atomic E-state index is 0.116.